The molecule has 10 heteroatoms. The highest BCUT2D eigenvalue weighted by molar-refractivity contribution is 5.90. The molecular formula is C32H40FN5O4. The first-order chi connectivity index (χ1) is 19.9. The molecule has 3 aromatic rings. The third-order valence-electron chi connectivity index (χ3n) is 8.32. The molecule has 1 fully saturated rings. The Morgan fingerprint density at radius 1 is 1.12 bits per heavy atom. The molecule has 2 atom stereocenters. The summed E-state index contributed by atoms with van der Waals surface area (Å²) in [6, 6.07) is 11.9. The number of carbonyl (C=O) groups excluding carboxylic acids is 3. The van der Waals surface area contributed by atoms with E-state index < -0.39 is 23.7 Å². The lowest BCUT2D eigenvalue weighted by molar-refractivity contribution is -0.138. The van der Waals surface area contributed by atoms with Gasteiger partial charge in [-0.15, -0.1) is 0 Å². The first kappa shape index (κ1) is 29.4. The van der Waals surface area contributed by atoms with E-state index in [0.29, 0.717) is 38.9 Å². The fourth-order valence-electron chi connectivity index (χ4n) is 5.97. The standard InChI is InChI=1S/C32H40FN5O4/c1-20(17-35-30(41)42-31(2,3)4)28(39)37-27(15-21-18-34-25-8-6-5-7-23(21)25)29(40)38-13-11-32(12-14-38)19-36-26-10-9-22(33)16-24(26)32/h5-10,16,18,20,27,34,36H,11-15,17,19H2,1-4H3,(H,35,41)(H,37,39)/t20?,27-/m1/s1. The quantitative estimate of drug-likeness (QED) is 0.331. The number of para-hydroxylation sites is 1. The van der Waals surface area contributed by atoms with E-state index in [0.717, 1.165) is 27.7 Å². The number of hydrogen-bond donors (Lipinski definition) is 4. The van der Waals surface area contributed by atoms with Gasteiger partial charge in [-0.25, -0.2) is 9.18 Å². The number of ether oxygens (including phenoxy) is 1. The zero-order chi connectivity index (χ0) is 30.1. The van der Waals surface area contributed by atoms with Crippen molar-refractivity contribution in [2.45, 2.75) is 64.0 Å². The average Bonchev–Trinajstić information content (AvgIpc) is 3.51. The van der Waals surface area contributed by atoms with Crippen LogP contribution in [0.5, 0.6) is 0 Å². The molecule has 2 aliphatic rings. The number of carbonyl (C=O) groups is 3. The van der Waals surface area contributed by atoms with Crippen molar-refractivity contribution in [2.75, 3.05) is 31.5 Å². The fourth-order valence-corrected chi connectivity index (χ4v) is 5.97. The number of nitrogens with one attached hydrogen (secondary N) is 4. The number of aromatic amines is 1. The van der Waals surface area contributed by atoms with Crippen LogP contribution in [0.1, 0.15) is 51.7 Å². The summed E-state index contributed by atoms with van der Waals surface area (Å²) in [5.74, 6) is -1.33. The van der Waals surface area contributed by atoms with Crippen LogP contribution in [0.3, 0.4) is 0 Å². The van der Waals surface area contributed by atoms with Gasteiger partial charge in [0.2, 0.25) is 11.8 Å². The van der Waals surface area contributed by atoms with E-state index in [1.165, 1.54) is 6.07 Å². The molecule has 1 aromatic heterocycles. The van der Waals surface area contributed by atoms with Crippen LogP contribution < -0.4 is 16.0 Å². The Morgan fingerprint density at radius 3 is 2.60 bits per heavy atom. The average molecular weight is 578 g/mol. The molecule has 2 aromatic carbocycles. The van der Waals surface area contributed by atoms with Crippen molar-refractivity contribution in [1.29, 1.82) is 0 Å². The number of hydrogen-bond acceptors (Lipinski definition) is 5. The van der Waals surface area contributed by atoms with Gasteiger partial charge in [0.05, 0.1) is 5.92 Å². The van der Waals surface area contributed by atoms with Gasteiger partial charge in [0.15, 0.2) is 0 Å². The zero-order valence-corrected chi connectivity index (χ0v) is 24.7. The summed E-state index contributed by atoms with van der Waals surface area (Å²) < 4.78 is 19.4. The molecule has 2 aliphatic heterocycles. The molecule has 9 nitrogen and oxygen atoms in total. The minimum atomic E-state index is -0.791. The number of benzene rings is 2. The molecule has 3 amide bonds. The zero-order valence-electron chi connectivity index (χ0n) is 24.7. The summed E-state index contributed by atoms with van der Waals surface area (Å²) in [6.07, 6.45) is 3.00. The highest BCUT2D eigenvalue weighted by atomic mass is 19.1. The number of nitrogens with zero attached hydrogens (tertiary/aromatic N) is 1. The summed E-state index contributed by atoms with van der Waals surface area (Å²) in [4.78, 5) is 44.4. The number of anilines is 1. The molecule has 3 heterocycles. The molecule has 224 valence electrons. The van der Waals surface area contributed by atoms with E-state index in [4.69, 9.17) is 4.74 Å². The normalized spacial score (nSPS) is 17.3. The minimum absolute atomic E-state index is 0.0734. The maximum atomic E-state index is 14.1. The third kappa shape index (κ3) is 6.37. The largest absolute Gasteiger partial charge is 0.444 e. The molecule has 4 N–H and O–H groups in total. The van der Waals surface area contributed by atoms with Crippen molar-refractivity contribution in [1.82, 2.24) is 20.5 Å². The van der Waals surface area contributed by atoms with Crippen molar-refractivity contribution in [3.63, 3.8) is 0 Å². The highest BCUT2D eigenvalue weighted by Gasteiger charge is 2.43. The van der Waals surface area contributed by atoms with Crippen LogP contribution in [0.4, 0.5) is 14.9 Å². The molecule has 1 spiro atoms. The molecule has 1 unspecified atom stereocenters. The van der Waals surface area contributed by atoms with Gasteiger partial charge in [0.25, 0.3) is 0 Å². The van der Waals surface area contributed by atoms with Crippen LogP contribution in [0.25, 0.3) is 10.9 Å². The maximum absolute atomic E-state index is 14.1. The second-order valence-electron chi connectivity index (χ2n) is 12.6. The van der Waals surface area contributed by atoms with E-state index in [9.17, 15) is 18.8 Å². The predicted molar refractivity (Wildman–Crippen MR) is 160 cm³/mol. The van der Waals surface area contributed by atoms with E-state index in [2.05, 4.69) is 20.9 Å². The number of amides is 3. The molecule has 5 rings (SSSR count). The summed E-state index contributed by atoms with van der Waals surface area (Å²) in [7, 11) is 0. The predicted octanol–water partition coefficient (Wildman–Crippen LogP) is 4.48. The number of halogens is 1. The van der Waals surface area contributed by atoms with Crippen molar-refractivity contribution in [3.8, 4) is 0 Å². The smallest absolute Gasteiger partial charge is 0.407 e. The number of alkyl carbamates (subject to hydrolysis) is 1. The topological polar surface area (TPSA) is 116 Å². The van der Waals surface area contributed by atoms with Gasteiger partial charge in [0.1, 0.15) is 17.5 Å². The van der Waals surface area contributed by atoms with Gasteiger partial charge in [-0.3, -0.25) is 9.59 Å². The fraction of sp³-hybridized carbons (Fsp3) is 0.469. The van der Waals surface area contributed by atoms with Crippen LogP contribution in [0.15, 0.2) is 48.7 Å². The second-order valence-corrected chi connectivity index (χ2v) is 12.6. The van der Waals surface area contributed by atoms with Gasteiger partial charge >= 0.3 is 6.09 Å². The summed E-state index contributed by atoms with van der Waals surface area (Å²) >= 11 is 0. The number of aromatic nitrogens is 1. The van der Waals surface area contributed by atoms with Gasteiger partial charge in [-0.2, -0.15) is 0 Å². The Kier molecular flexibility index (Phi) is 8.17. The Hall–Kier alpha value is -4.08. The van der Waals surface area contributed by atoms with Crippen LogP contribution in [-0.4, -0.2) is 65.6 Å². The lowest BCUT2D eigenvalue weighted by Gasteiger charge is -2.40. The third-order valence-corrected chi connectivity index (χ3v) is 8.32. The first-order valence-corrected chi connectivity index (χ1v) is 14.6. The van der Waals surface area contributed by atoms with Gasteiger partial charge in [0, 0.05) is 60.8 Å². The van der Waals surface area contributed by atoms with E-state index in [1.807, 2.05) is 35.4 Å². The van der Waals surface area contributed by atoms with Crippen molar-refractivity contribution < 1.29 is 23.5 Å². The van der Waals surface area contributed by atoms with Gasteiger partial charge in [-0.05, 0) is 69.0 Å². The van der Waals surface area contributed by atoms with Crippen molar-refractivity contribution in [3.05, 3.63) is 65.6 Å². The number of likely N-dealkylation sites (tertiary alicyclic amines) is 1. The van der Waals surface area contributed by atoms with Crippen molar-refractivity contribution >= 4 is 34.5 Å². The molecule has 0 radical (unpaired) electrons. The van der Waals surface area contributed by atoms with Crippen LogP contribution in [-0.2, 0) is 26.2 Å². The summed E-state index contributed by atoms with van der Waals surface area (Å²) in [6.45, 7) is 8.81. The molecule has 0 saturated carbocycles. The SMILES string of the molecule is CC(CNC(=O)OC(C)(C)C)C(=O)N[C@H](Cc1c[nH]c2ccccc12)C(=O)N1CCC2(CC1)CNc1ccc(F)cc12. The second kappa shape index (κ2) is 11.7. The molecule has 0 bridgehead atoms. The number of fused-ring (bicyclic) bond motifs is 3. The lowest BCUT2D eigenvalue weighted by Crippen LogP contribution is -2.55. The lowest BCUT2D eigenvalue weighted by atomic mass is 9.74. The van der Waals surface area contributed by atoms with Gasteiger partial charge < -0.3 is 30.6 Å². The van der Waals surface area contributed by atoms with Crippen LogP contribution in [0.2, 0.25) is 0 Å². The van der Waals surface area contributed by atoms with E-state index >= 15 is 0 Å². The number of rotatable bonds is 7. The van der Waals surface area contributed by atoms with E-state index in [1.54, 1.807) is 39.8 Å². The first-order valence-electron chi connectivity index (χ1n) is 14.6. The summed E-state index contributed by atoms with van der Waals surface area (Å²) in [5, 5.41) is 10.0. The molecule has 1 saturated heterocycles. The highest BCUT2D eigenvalue weighted by Crippen LogP contribution is 2.44. The van der Waals surface area contributed by atoms with Crippen LogP contribution >= 0.6 is 0 Å². The Morgan fingerprint density at radius 2 is 1.86 bits per heavy atom. The molecular weight excluding hydrogens is 537 g/mol. The molecule has 42 heavy (non-hydrogen) atoms. The number of piperidine rings is 1. The Balaban J connectivity index is 1.29. The van der Waals surface area contributed by atoms with Crippen LogP contribution in [0, 0.1) is 11.7 Å². The number of H-pyrrole nitrogens is 1. The Bertz CT molecular complexity index is 1470. The minimum Gasteiger partial charge on any atom is -0.444 e. The maximum Gasteiger partial charge on any atom is 0.407 e. The monoisotopic (exact) mass is 577 g/mol. The van der Waals surface area contributed by atoms with Gasteiger partial charge in [-0.1, -0.05) is 25.1 Å². The summed E-state index contributed by atoms with van der Waals surface area (Å²) in [5.41, 5.74) is 2.95. The van der Waals surface area contributed by atoms with Crippen molar-refractivity contribution in [2.24, 2.45) is 5.92 Å². The van der Waals surface area contributed by atoms with E-state index in [-0.39, 0.29) is 29.6 Å². The molecule has 0 aliphatic carbocycles. The Labute approximate surface area is 245 Å².